The van der Waals surface area contributed by atoms with Crippen LogP contribution in [0.25, 0.3) is 0 Å². The van der Waals surface area contributed by atoms with E-state index in [1.54, 1.807) is 12.1 Å². The van der Waals surface area contributed by atoms with Gasteiger partial charge >= 0.3 is 11.9 Å². The fourth-order valence-corrected chi connectivity index (χ4v) is 4.77. The number of halogens is 2. The number of likely N-dealkylation sites (N-methyl/N-ethyl adjacent to an activating group) is 1. The van der Waals surface area contributed by atoms with Gasteiger partial charge in [0.25, 0.3) is 0 Å². The zero-order chi connectivity index (χ0) is 25.4. The summed E-state index contributed by atoms with van der Waals surface area (Å²) in [6.45, 7) is 2.38. The molecule has 1 amide bonds. The van der Waals surface area contributed by atoms with Crippen molar-refractivity contribution >= 4 is 41.0 Å². The number of benzene rings is 1. The molecule has 3 rings (SSSR count). The summed E-state index contributed by atoms with van der Waals surface area (Å²) in [7, 11) is 1.97. The fourth-order valence-electron chi connectivity index (χ4n) is 4.45. The van der Waals surface area contributed by atoms with Gasteiger partial charge in [-0.15, -0.1) is 0 Å². The number of aliphatic hydroxyl groups excluding tert-OH is 2. The van der Waals surface area contributed by atoms with Crippen LogP contribution in [0.5, 0.6) is 0 Å². The van der Waals surface area contributed by atoms with Crippen LogP contribution in [0.3, 0.4) is 0 Å². The van der Waals surface area contributed by atoms with E-state index in [2.05, 4.69) is 4.90 Å². The number of aliphatic hydroxyl groups is 2. The molecule has 0 bridgehead atoms. The Morgan fingerprint density at radius 3 is 2.06 bits per heavy atom. The first-order chi connectivity index (χ1) is 16.0. The van der Waals surface area contributed by atoms with Gasteiger partial charge in [-0.1, -0.05) is 42.1 Å². The zero-order valence-electron chi connectivity index (χ0n) is 19.1. The van der Waals surface area contributed by atoms with Gasteiger partial charge in [0.1, 0.15) is 0 Å². The van der Waals surface area contributed by atoms with E-state index in [1.165, 1.54) is 45.2 Å². The lowest BCUT2D eigenvalue weighted by molar-refractivity contribution is -0.165. The molecule has 2 fully saturated rings. The molecule has 1 aromatic rings. The highest BCUT2D eigenvalue weighted by atomic mass is 35.5. The van der Waals surface area contributed by atoms with Crippen molar-refractivity contribution in [1.82, 2.24) is 9.80 Å². The van der Waals surface area contributed by atoms with Crippen LogP contribution in [-0.2, 0) is 20.8 Å². The molecule has 190 valence electrons. The summed E-state index contributed by atoms with van der Waals surface area (Å²) in [4.78, 5) is 36.9. The van der Waals surface area contributed by atoms with Gasteiger partial charge in [0, 0.05) is 19.1 Å². The first-order valence-corrected chi connectivity index (χ1v) is 12.0. The number of carbonyl (C=O) groups is 3. The van der Waals surface area contributed by atoms with E-state index in [9.17, 15) is 14.4 Å². The highest BCUT2D eigenvalue weighted by molar-refractivity contribution is 6.42. The minimum absolute atomic E-state index is 0.171. The Morgan fingerprint density at radius 1 is 0.971 bits per heavy atom. The first kappa shape index (κ1) is 28.3. The van der Waals surface area contributed by atoms with Crippen LogP contribution in [-0.4, -0.2) is 92.5 Å². The van der Waals surface area contributed by atoms with Gasteiger partial charge in [-0.25, -0.2) is 9.59 Å². The lowest BCUT2D eigenvalue weighted by Crippen LogP contribution is -2.53. The number of carboxylic acid groups (broad SMARTS) is 2. The summed E-state index contributed by atoms with van der Waals surface area (Å²) in [5.41, 5.74) is 0.926. The Hall–Kier alpha value is -1.91. The number of hydrogen-bond donors (Lipinski definition) is 4. The molecule has 1 saturated carbocycles. The van der Waals surface area contributed by atoms with Crippen molar-refractivity contribution in [1.29, 1.82) is 0 Å². The largest absolute Gasteiger partial charge is 0.479 e. The van der Waals surface area contributed by atoms with Crippen LogP contribution in [0, 0.1) is 0 Å². The number of carbonyl (C=O) groups excluding carboxylic acids is 1. The monoisotopic (exact) mass is 518 g/mol. The van der Waals surface area contributed by atoms with E-state index in [-0.39, 0.29) is 5.91 Å². The average molecular weight is 519 g/mol. The molecule has 0 unspecified atom stereocenters. The van der Waals surface area contributed by atoms with Crippen molar-refractivity contribution in [2.75, 3.05) is 20.1 Å². The van der Waals surface area contributed by atoms with Gasteiger partial charge in [0.05, 0.1) is 16.5 Å². The van der Waals surface area contributed by atoms with E-state index in [1.807, 2.05) is 18.0 Å². The lowest BCUT2D eigenvalue weighted by atomic mass is 9.88. The summed E-state index contributed by atoms with van der Waals surface area (Å²) < 4.78 is 0. The molecule has 0 aromatic heterocycles. The Labute approximate surface area is 208 Å². The van der Waals surface area contributed by atoms with Gasteiger partial charge in [-0.2, -0.15) is 0 Å². The molecule has 2 aliphatic rings. The summed E-state index contributed by atoms with van der Waals surface area (Å²) in [5, 5.41) is 33.6. The number of hydrogen-bond acceptors (Lipinski definition) is 6. The van der Waals surface area contributed by atoms with E-state index in [0.29, 0.717) is 28.5 Å². The minimum atomic E-state index is -2.27. The Kier molecular flexibility index (Phi) is 11.0. The predicted molar refractivity (Wildman–Crippen MR) is 127 cm³/mol. The second kappa shape index (κ2) is 13.3. The average Bonchev–Trinajstić information content (AvgIpc) is 3.35. The summed E-state index contributed by atoms with van der Waals surface area (Å²) in [5.74, 6) is -3.37. The maximum atomic E-state index is 12.8. The van der Waals surface area contributed by atoms with Crippen molar-refractivity contribution < 1.29 is 34.8 Å². The maximum absolute atomic E-state index is 12.8. The fraction of sp³-hybridized carbons (Fsp3) is 0.609. The molecule has 0 radical (unpaired) electrons. The van der Waals surface area contributed by atoms with E-state index < -0.39 is 24.1 Å². The molecule has 1 aliphatic heterocycles. The summed E-state index contributed by atoms with van der Waals surface area (Å²) >= 11 is 12.0. The summed E-state index contributed by atoms with van der Waals surface area (Å²) in [6, 6.07) is 6.32. The van der Waals surface area contributed by atoms with Crippen LogP contribution in [0.15, 0.2) is 18.2 Å². The van der Waals surface area contributed by atoms with Crippen LogP contribution in [0.1, 0.15) is 44.1 Å². The van der Waals surface area contributed by atoms with Crippen molar-refractivity contribution in [3.05, 3.63) is 33.8 Å². The number of aliphatic carboxylic acids is 2. The van der Waals surface area contributed by atoms with Gasteiger partial charge in [0.15, 0.2) is 12.2 Å². The zero-order valence-corrected chi connectivity index (χ0v) is 20.6. The van der Waals surface area contributed by atoms with Gasteiger partial charge in [-0.05, 0) is 56.5 Å². The summed E-state index contributed by atoms with van der Waals surface area (Å²) in [6.07, 6.45) is 3.28. The standard InChI is InChI=1S/C19H26Cl2N2O.C4H6O6/c1-22(19(24)13-14-8-9-15(20)16(21)12-14)17-6-2-3-7-18(17)23-10-4-5-11-23;5-1(3(7)8)2(6)4(9)10/h8-9,12,17-18H,2-7,10-11,13H2,1H3;1-2,5-6H,(H,7,8)(H,9,10)/t17-,18-;1-,2+/m1./s1. The number of amides is 1. The van der Waals surface area contributed by atoms with Gasteiger partial charge in [0.2, 0.25) is 5.91 Å². The van der Waals surface area contributed by atoms with Crippen molar-refractivity contribution in [2.45, 2.75) is 69.2 Å². The molecule has 11 heteroatoms. The van der Waals surface area contributed by atoms with Crippen LogP contribution in [0.2, 0.25) is 10.0 Å². The topological polar surface area (TPSA) is 139 Å². The maximum Gasteiger partial charge on any atom is 0.335 e. The molecule has 1 heterocycles. The van der Waals surface area contributed by atoms with Crippen molar-refractivity contribution in [3.8, 4) is 0 Å². The Morgan fingerprint density at radius 2 is 1.53 bits per heavy atom. The van der Waals surface area contributed by atoms with E-state index in [0.717, 1.165) is 12.0 Å². The highest BCUT2D eigenvalue weighted by Gasteiger charge is 2.35. The molecule has 9 nitrogen and oxygen atoms in total. The molecular formula is C23H32Cl2N2O7. The van der Waals surface area contributed by atoms with Crippen LogP contribution in [0.4, 0.5) is 0 Å². The van der Waals surface area contributed by atoms with Gasteiger partial charge in [-0.3, -0.25) is 9.69 Å². The molecule has 4 atom stereocenters. The predicted octanol–water partition coefficient (Wildman–Crippen LogP) is 2.28. The SMILES string of the molecule is CN(C(=O)Cc1ccc(Cl)c(Cl)c1)[C@@H]1CCCC[C@H]1N1CCCC1.O=C(O)[C@@H](O)[C@@H](O)C(=O)O. The third-order valence-electron chi connectivity index (χ3n) is 6.34. The minimum Gasteiger partial charge on any atom is -0.479 e. The van der Waals surface area contributed by atoms with Gasteiger partial charge < -0.3 is 25.3 Å². The lowest BCUT2D eigenvalue weighted by Gasteiger charge is -2.42. The molecule has 1 saturated heterocycles. The van der Waals surface area contributed by atoms with E-state index >= 15 is 0 Å². The highest BCUT2D eigenvalue weighted by Crippen LogP contribution is 2.30. The molecule has 0 spiro atoms. The first-order valence-electron chi connectivity index (χ1n) is 11.3. The third kappa shape index (κ3) is 7.81. The second-order valence-corrected chi connectivity index (χ2v) is 9.47. The molecule has 34 heavy (non-hydrogen) atoms. The number of rotatable bonds is 7. The number of likely N-dealkylation sites (tertiary alicyclic amines) is 1. The van der Waals surface area contributed by atoms with Crippen molar-refractivity contribution in [3.63, 3.8) is 0 Å². The molecule has 1 aliphatic carbocycles. The van der Waals surface area contributed by atoms with Crippen LogP contribution >= 0.6 is 23.2 Å². The van der Waals surface area contributed by atoms with Crippen molar-refractivity contribution in [2.24, 2.45) is 0 Å². The normalized spacial score (nSPS) is 22.3. The van der Waals surface area contributed by atoms with E-state index in [4.69, 9.17) is 43.6 Å². The number of carboxylic acids is 2. The number of nitrogens with zero attached hydrogens (tertiary/aromatic N) is 2. The Balaban J connectivity index is 0.000000347. The smallest absolute Gasteiger partial charge is 0.335 e. The third-order valence-corrected chi connectivity index (χ3v) is 7.08. The quantitative estimate of drug-likeness (QED) is 0.431. The van der Waals surface area contributed by atoms with Crippen LogP contribution < -0.4 is 0 Å². The molecule has 4 N–H and O–H groups in total. The second-order valence-electron chi connectivity index (χ2n) is 8.66. The molecule has 1 aromatic carbocycles. The Bertz CT molecular complexity index is 846. The molecular weight excluding hydrogens is 487 g/mol.